The molecule has 0 atom stereocenters. The number of nitrogens with zero attached hydrogens (tertiary/aromatic N) is 1. The monoisotopic (exact) mass is 377 g/mol. The Hall–Kier alpha value is -0.478. The second-order valence-corrected chi connectivity index (χ2v) is 14.5. The second-order valence-electron chi connectivity index (χ2n) is 9.39. The minimum absolute atomic E-state index is 0.124. The van der Waals surface area contributed by atoms with Crippen LogP contribution in [-0.4, -0.2) is 26.4 Å². The smallest absolute Gasteiger partial charge is 0.420 e. The molecule has 1 aliphatic rings. The molecule has 1 heterocycles. The highest BCUT2D eigenvalue weighted by Gasteiger charge is 2.44. The van der Waals surface area contributed by atoms with E-state index < -0.39 is 8.24 Å². The topological polar surface area (TPSA) is 12.5 Å². The molecule has 1 rings (SSSR count). The molecule has 0 amide bonds. The standard InChI is InChI=1S/C22H44BNOSi/c1-7-8-9-10-11-12-13-14-15-18-21-25-23-19-16-17-20-24(23)26(5,6)22(2,3)4/h16-17,19-20H,7-15,18,21H2,1-6H3. The summed E-state index contributed by atoms with van der Waals surface area (Å²) < 4.78 is 8.79. The highest BCUT2D eigenvalue weighted by molar-refractivity contribution is 6.86. The fraction of sp³-hybridized carbons (Fsp3) is 0.818. The van der Waals surface area contributed by atoms with Gasteiger partial charge in [0.2, 0.25) is 0 Å². The number of hydrogen-bond donors (Lipinski definition) is 0. The predicted octanol–water partition coefficient (Wildman–Crippen LogP) is 7.34. The molecule has 150 valence electrons. The minimum Gasteiger partial charge on any atom is -0.420 e. The zero-order chi connectivity index (χ0) is 19.5. The molecule has 0 fully saturated rings. The van der Waals surface area contributed by atoms with Crippen molar-refractivity contribution in [3.05, 3.63) is 24.3 Å². The van der Waals surface area contributed by atoms with E-state index in [2.05, 4.69) is 69.6 Å². The molecule has 0 aromatic rings. The van der Waals surface area contributed by atoms with Crippen LogP contribution in [0.5, 0.6) is 0 Å². The van der Waals surface area contributed by atoms with Crippen molar-refractivity contribution in [2.45, 2.75) is 110 Å². The molecular formula is C22H44BNOSi. The highest BCUT2D eigenvalue weighted by Crippen LogP contribution is 2.39. The first kappa shape index (κ1) is 23.6. The van der Waals surface area contributed by atoms with Gasteiger partial charge in [-0.3, -0.25) is 0 Å². The lowest BCUT2D eigenvalue weighted by molar-refractivity contribution is 0.293. The van der Waals surface area contributed by atoms with Crippen molar-refractivity contribution in [1.29, 1.82) is 0 Å². The van der Waals surface area contributed by atoms with Crippen LogP contribution in [0.4, 0.5) is 0 Å². The Balaban J connectivity index is 2.19. The van der Waals surface area contributed by atoms with Gasteiger partial charge in [-0.15, -0.1) is 0 Å². The van der Waals surface area contributed by atoms with Gasteiger partial charge in [-0.05, 0) is 23.7 Å². The molecule has 26 heavy (non-hydrogen) atoms. The van der Waals surface area contributed by atoms with Gasteiger partial charge in [-0.25, -0.2) is 0 Å². The summed E-state index contributed by atoms with van der Waals surface area (Å²) in [6.45, 7) is 15.2. The average Bonchev–Trinajstić information content (AvgIpc) is 2.59. The molecule has 4 heteroatoms. The third-order valence-electron chi connectivity index (χ3n) is 6.18. The summed E-state index contributed by atoms with van der Waals surface area (Å²) >= 11 is 0. The van der Waals surface area contributed by atoms with E-state index in [4.69, 9.17) is 4.65 Å². The third kappa shape index (κ3) is 8.04. The van der Waals surface area contributed by atoms with Gasteiger partial charge in [0.25, 0.3) is 0 Å². The Labute approximate surface area is 165 Å². The lowest BCUT2D eigenvalue weighted by Crippen LogP contribution is -2.59. The van der Waals surface area contributed by atoms with Crippen LogP contribution in [-0.2, 0) is 4.65 Å². The molecule has 0 radical (unpaired) electrons. The van der Waals surface area contributed by atoms with Crippen LogP contribution in [0.25, 0.3) is 0 Å². The second kappa shape index (κ2) is 12.1. The van der Waals surface area contributed by atoms with E-state index in [9.17, 15) is 0 Å². The first-order chi connectivity index (χ1) is 12.3. The van der Waals surface area contributed by atoms with E-state index >= 15 is 0 Å². The van der Waals surface area contributed by atoms with Crippen LogP contribution in [0.1, 0.15) is 91.9 Å². The van der Waals surface area contributed by atoms with Gasteiger partial charge in [-0.2, -0.15) is 0 Å². The average molecular weight is 377 g/mol. The molecule has 0 aromatic carbocycles. The van der Waals surface area contributed by atoms with Gasteiger partial charge in [0.15, 0.2) is 0 Å². The van der Waals surface area contributed by atoms with E-state index in [1.807, 2.05) is 0 Å². The predicted molar refractivity (Wildman–Crippen MR) is 121 cm³/mol. The van der Waals surface area contributed by atoms with Gasteiger partial charge in [-0.1, -0.05) is 111 Å². The van der Waals surface area contributed by atoms with Crippen LogP contribution in [0.3, 0.4) is 0 Å². The van der Waals surface area contributed by atoms with Crippen molar-refractivity contribution < 1.29 is 4.65 Å². The third-order valence-corrected chi connectivity index (χ3v) is 11.5. The van der Waals surface area contributed by atoms with E-state index in [-0.39, 0.29) is 7.05 Å². The highest BCUT2D eigenvalue weighted by atomic mass is 28.3. The van der Waals surface area contributed by atoms with Gasteiger partial charge in [0.05, 0.1) is 0 Å². The van der Waals surface area contributed by atoms with Gasteiger partial charge in [0, 0.05) is 6.61 Å². The molecule has 0 spiro atoms. The summed E-state index contributed by atoms with van der Waals surface area (Å²) in [5.74, 6) is 2.22. The molecule has 0 bridgehead atoms. The Morgan fingerprint density at radius 3 is 1.92 bits per heavy atom. The van der Waals surface area contributed by atoms with Crippen molar-refractivity contribution >= 4 is 15.3 Å². The summed E-state index contributed by atoms with van der Waals surface area (Å²) in [5, 5.41) is 0.321. The summed E-state index contributed by atoms with van der Waals surface area (Å²) in [7, 11) is -1.47. The maximum absolute atomic E-state index is 6.27. The zero-order valence-corrected chi connectivity index (χ0v) is 19.5. The summed E-state index contributed by atoms with van der Waals surface area (Å²) in [4.78, 5) is 0. The Morgan fingerprint density at radius 1 is 0.846 bits per heavy atom. The molecule has 0 N–H and O–H groups in total. The molecule has 0 aromatic heterocycles. The molecule has 0 unspecified atom stereocenters. The van der Waals surface area contributed by atoms with E-state index in [1.54, 1.807) is 0 Å². The molecular weight excluding hydrogens is 333 g/mol. The molecule has 2 nitrogen and oxygen atoms in total. The zero-order valence-electron chi connectivity index (χ0n) is 18.5. The Morgan fingerprint density at radius 2 is 1.38 bits per heavy atom. The Bertz CT molecular complexity index is 428. The maximum atomic E-state index is 6.27. The van der Waals surface area contributed by atoms with Crippen LogP contribution in [0, 0.1) is 0 Å². The Kier molecular flexibility index (Phi) is 10.9. The quantitative estimate of drug-likeness (QED) is 0.246. The van der Waals surface area contributed by atoms with E-state index in [0.29, 0.717) is 5.04 Å². The van der Waals surface area contributed by atoms with E-state index in [1.165, 1.54) is 64.2 Å². The van der Waals surface area contributed by atoms with Crippen molar-refractivity contribution in [1.82, 2.24) is 4.48 Å². The molecule has 1 aliphatic heterocycles. The van der Waals surface area contributed by atoms with Gasteiger partial charge < -0.3 is 9.13 Å². The summed E-state index contributed by atoms with van der Waals surface area (Å²) in [5.41, 5.74) is 0. The lowest BCUT2D eigenvalue weighted by atomic mass is 9.81. The SMILES string of the molecule is CCCCCCCCCCCCOB1C=CC=CN1[Si](C)(C)C(C)(C)C. The first-order valence-electron chi connectivity index (χ1n) is 11.1. The summed E-state index contributed by atoms with van der Waals surface area (Å²) in [6.07, 6.45) is 20.3. The fourth-order valence-electron chi connectivity index (χ4n) is 3.30. The molecule has 0 aliphatic carbocycles. The largest absolute Gasteiger partial charge is 0.435 e. The maximum Gasteiger partial charge on any atom is 0.435 e. The number of rotatable bonds is 13. The lowest BCUT2D eigenvalue weighted by Gasteiger charge is -2.48. The van der Waals surface area contributed by atoms with Crippen molar-refractivity contribution in [3.8, 4) is 0 Å². The molecule has 0 saturated heterocycles. The van der Waals surface area contributed by atoms with Crippen LogP contribution in [0.15, 0.2) is 24.3 Å². The van der Waals surface area contributed by atoms with Crippen LogP contribution < -0.4 is 0 Å². The van der Waals surface area contributed by atoms with Crippen LogP contribution in [0.2, 0.25) is 18.1 Å². The van der Waals surface area contributed by atoms with E-state index in [0.717, 1.165) is 6.61 Å². The van der Waals surface area contributed by atoms with Gasteiger partial charge in [0.1, 0.15) is 8.24 Å². The summed E-state index contributed by atoms with van der Waals surface area (Å²) in [6, 6.07) is 0. The normalized spacial score (nSPS) is 15.2. The van der Waals surface area contributed by atoms with Crippen LogP contribution >= 0.6 is 0 Å². The number of allylic oxidation sites excluding steroid dienone is 2. The van der Waals surface area contributed by atoms with Crippen molar-refractivity contribution in [2.75, 3.05) is 6.61 Å². The molecule has 0 saturated carbocycles. The van der Waals surface area contributed by atoms with Crippen molar-refractivity contribution in [2.24, 2.45) is 0 Å². The van der Waals surface area contributed by atoms with Gasteiger partial charge >= 0.3 is 7.05 Å². The number of unbranched alkanes of at least 4 members (excludes halogenated alkanes) is 9. The minimum atomic E-state index is -1.60. The first-order valence-corrected chi connectivity index (χ1v) is 14.0. The number of hydrogen-bond acceptors (Lipinski definition) is 2. The van der Waals surface area contributed by atoms with Crippen molar-refractivity contribution in [3.63, 3.8) is 0 Å². The fourth-order valence-corrected chi connectivity index (χ4v) is 5.33.